The minimum Gasteiger partial charge on any atom is -0.330 e. The molecule has 0 radical (unpaired) electrons. The van der Waals surface area contributed by atoms with Gasteiger partial charge in [0.2, 0.25) is 0 Å². The molecule has 2 atom stereocenters. The lowest BCUT2D eigenvalue weighted by Crippen LogP contribution is -2.15. The molecule has 0 spiro atoms. The van der Waals surface area contributed by atoms with Crippen LogP contribution >= 0.6 is 11.3 Å². The van der Waals surface area contributed by atoms with E-state index >= 15 is 0 Å². The van der Waals surface area contributed by atoms with Gasteiger partial charge in [0.1, 0.15) is 5.01 Å². The molecule has 0 aliphatic rings. The van der Waals surface area contributed by atoms with Gasteiger partial charge in [0.15, 0.2) is 5.82 Å². The maximum Gasteiger partial charge on any atom is 0.191 e. The molecule has 192 valence electrons. The normalized spacial score (nSPS) is 11.9. The molecule has 0 unspecified atom stereocenters. The fourth-order valence-corrected chi connectivity index (χ4v) is 4.11. The standard InChI is InChI=1S/C11H12N2S.C9H11N5.C8H11N/c12-10(11-13-6-7-14-11)8-9-4-2-1-3-5-9;10-8(9-11-13-14-12-9)6-7-4-2-1-3-5-7;9-7-6-8-4-2-1-3-5-8/h1-7,10H,8,12H2;1-5,8H,6,10H2,(H,11,12,13,14);1-5H,6-7,9H2/t10-;8-;/m00./s1. The van der Waals surface area contributed by atoms with Crippen molar-refractivity contribution in [2.75, 3.05) is 6.54 Å². The van der Waals surface area contributed by atoms with Gasteiger partial charge in [-0.2, -0.15) is 5.21 Å². The molecule has 3 aromatic carbocycles. The van der Waals surface area contributed by atoms with Crippen molar-refractivity contribution in [2.45, 2.75) is 31.3 Å². The van der Waals surface area contributed by atoms with Gasteiger partial charge in [-0.25, -0.2) is 4.98 Å². The molecule has 37 heavy (non-hydrogen) atoms. The SMILES string of the molecule is NCCc1ccccc1.N[C@@H](Cc1ccccc1)c1nccs1.N[C@@H](Cc1ccccc1)c1nn[nH]n1. The van der Waals surface area contributed by atoms with E-state index in [1.165, 1.54) is 16.7 Å². The molecule has 0 aliphatic heterocycles. The van der Waals surface area contributed by atoms with Gasteiger partial charge in [0.05, 0.1) is 12.1 Å². The van der Waals surface area contributed by atoms with Crippen molar-refractivity contribution in [1.82, 2.24) is 25.6 Å². The van der Waals surface area contributed by atoms with E-state index in [0.29, 0.717) is 5.82 Å². The first-order chi connectivity index (χ1) is 18.2. The number of rotatable bonds is 8. The highest BCUT2D eigenvalue weighted by molar-refractivity contribution is 7.09. The highest BCUT2D eigenvalue weighted by Gasteiger charge is 2.11. The Labute approximate surface area is 222 Å². The first kappa shape index (κ1) is 27.8. The maximum atomic E-state index is 6.02. The quantitative estimate of drug-likeness (QED) is 0.245. The minimum atomic E-state index is -0.198. The summed E-state index contributed by atoms with van der Waals surface area (Å²) in [5.74, 6) is 0.550. The molecule has 8 nitrogen and oxygen atoms in total. The number of tetrazole rings is 1. The number of aromatic nitrogens is 5. The number of benzene rings is 3. The maximum absolute atomic E-state index is 6.02. The minimum absolute atomic E-state index is 0.0254. The van der Waals surface area contributed by atoms with Crippen molar-refractivity contribution < 1.29 is 0 Å². The summed E-state index contributed by atoms with van der Waals surface area (Å²) in [6, 6.07) is 30.3. The topological polar surface area (TPSA) is 145 Å². The van der Waals surface area contributed by atoms with Crippen LogP contribution in [0.5, 0.6) is 0 Å². The predicted molar refractivity (Wildman–Crippen MR) is 150 cm³/mol. The van der Waals surface area contributed by atoms with Crippen LogP contribution in [0.15, 0.2) is 103 Å². The van der Waals surface area contributed by atoms with E-state index in [4.69, 9.17) is 17.2 Å². The Morgan fingerprint density at radius 1 is 0.730 bits per heavy atom. The van der Waals surface area contributed by atoms with Gasteiger partial charge >= 0.3 is 0 Å². The van der Waals surface area contributed by atoms with E-state index in [1.807, 2.05) is 72.1 Å². The first-order valence-corrected chi connectivity index (χ1v) is 13.0. The highest BCUT2D eigenvalue weighted by Crippen LogP contribution is 2.17. The molecule has 5 aromatic rings. The Bertz CT molecular complexity index is 1120. The van der Waals surface area contributed by atoms with E-state index < -0.39 is 0 Å². The van der Waals surface area contributed by atoms with Crippen molar-refractivity contribution in [2.24, 2.45) is 17.2 Å². The number of nitrogens with zero attached hydrogens (tertiary/aromatic N) is 4. The third kappa shape index (κ3) is 10.4. The van der Waals surface area contributed by atoms with Gasteiger partial charge in [-0.1, -0.05) is 96.2 Å². The van der Waals surface area contributed by atoms with Crippen LogP contribution in [0.4, 0.5) is 0 Å². The Kier molecular flexibility index (Phi) is 12.1. The van der Waals surface area contributed by atoms with E-state index in [9.17, 15) is 0 Å². The lowest BCUT2D eigenvalue weighted by atomic mass is 10.1. The number of hydrogen-bond donors (Lipinski definition) is 4. The van der Waals surface area contributed by atoms with Gasteiger partial charge < -0.3 is 17.2 Å². The average Bonchev–Trinajstić information content (AvgIpc) is 3.67. The van der Waals surface area contributed by atoms with Crippen LogP contribution in [0.3, 0.4) is 0 Å². The molecule has 9 heteroatoms. The van der Waals surface area contributed by atoms with Crippen molar-refractivity contribution in [3.8, 4) is 0 Å². The molecule has 0 saturated heterocycles. The van der Waals surface area contributed by atoms with Crippen LogP contribution in [-0.4, -0.2) is 32.2 Å². The first-order valence-electron chi connectivity index (χ1n) is 12.1. The smallest absolute Gasteiger partial charge is 0.191 e. The summed E-state index contributed by atoms with van der Waals surface area (Å²) in [4.78, 5) is 4.21. The van der Waals surface area contributed by atoms with Crippen LogP contribution < -0.4 is 17.2 Å². The molecular weight excluding hydrogens is 480 g/mol. The lowest BCUT2D eigenvalue weighted by Gasteiger charge is -2.07. The summed E-state index contributed by atoms with van der Waals surface area (Å²) in [7, 11) is 0. The van der Waals surface area contributed by atoms with E-state index in [-0.39, 0.29) is 12.1 Å². The molecule has 0 aliphatic carbocycles. The summed E-state index contributed by atoms with van der Waals surface area (Å²) in [5, 5.41) is 16.5. The molecule has 0 bridgehead atoms. The van der Waals surface area contributed by atoms with Crippen molar-refractivity contribution >= 4 is 11.3 Å². The number of nitrogens with two attached hydrogens (primary N) is 3. The second kappa shape index (κ2) is 16.1. The van der Waals surface area contributed by atoms with Crippen LogP contribution in [0.1, 0.15) is 39.6 Å². The highest BCUT2D eigenvalue weighted by atomic mass is 32.1. The van der Waals surface area contributed by atoms with Crippen LogP contribution in [-0.2, 0) is 19.3 Å². The van der Waals surface area contributed by atoms with E-state index in [1.54, 1.807) is 17.5 Å². The lowest BCUT2D eigenvalue weighted by molar-refractivity contribution is 0.669. The molecule has 7 N–H and O–H groups in total. The van der Waals surface area contributed by atoms with Crippen LogP contribution in [0, 0.1) is 0 Å². The van der Waals surface area contributed by atoms with Crippen LogP contribution in [0.25, 0.3) is 0 Å². The summed E-state index contributed by atoms with van der Waals surface area (Å²) >= 11 is 1.61. The van der Waals surface area contributed by atoms with Crippen molar-refractivity contribution in [3.05, 3.63) is 130 Å². The van der Waals surface area contributed by atoms with Crippen molar-refractivity contribution in [3.63, 3.8) is 0 Å². The van der Waals surface area contributed by atoms with Crippen LogP contribution in [0.2, 0.25) is 0 Å². The third-order valence-corrected chi connectivity index (χ3v) is 6.24. The molecule has 5 rings (SSSR count). The Balaban J connectivity index is 0.000000159. The van der Waals surface area contributed by atoms with Gasteiger partial charge in [0.25, 0.3) is 0 Å². The Morgan fingerprint density at radius 2 is 1.27 bits per heavy atom. The molecule has 2 aromatic heterocycles. The summed E-state index contributed by atoms with van der Waals surface area (Å²) in [5.41, 5.74) is 21.0. The number of nitrogens with one attached hydrogen (secondary N) is 1. The number of aromatic amines is 1. The second-order valence-corrected chi connectivity index (χ2v) is 9.18. The third-order valence-electron chi connectivity index (χ3n) is 5.33. The fourth-order valence-electron chi connectivity index (χ4n) is 3.47. The summed E-state index contributed by atoms with van der Waals surface area (Å²) in [6.07, 6.45) is 4.36. The molecule has 0 amide bonds. The fraction of sp³-hybridized carbons (Fsp3) is 0.214. The van der Waals surface area contributed by atoms with Gasteiger partial charge in [0, 0.05) is 11.6 Å². The van der Waals surface area contributed by atoms with Crippen molar-refractivity contribution in [1.29, 1.82) is 0 Å². The van der Waals surface area contributed by atoms with Gasteiger partial charge in [-0.15, -0.1) is 21.5 Å². The largest absolute Gasteiger partial charge is 0.330 e. The van der Waals surface area contributed by atoms with E-state index in [0.717, 1.165) is 30.8 Å². The monoisotopic (exact) mass is 514 g/mol. The summed E-state index contributed by atoms with van der Waals surface area (Å²) < 4.78 is 0. The average molecular weight is 515 g/mol. The molecule has 0 fully saturated rings. The number of hydrogen-bond acceptors (Lipinski definition) is 8. The molecule has 0 saturated carbocycles. The van der Waals surface area contributed by atoms with E-state index in [2.05, 4.69) is 49.9 Å². The second-order valence-electron chi connectivity index (χ2n) is 8.26. The zero-order valence-corrected chi connectivity index (χ0v) is 21.5. The Hall–Kier alpha value is -3.76. The zero-order chi connectivity index (χ0) is 26.1. The summed E-state index contributed by atoms with van der Waals surface area (Å²) in [6.45, 7) is 0.740. The van der Waals surface area contributed by atoms with Gasteiger partial charge in [-0.05, 0) is 42.5 Å². The zero-order valence-electron chi connectivity index (χ0n) is 20.7. The molecular formula is C28H34N8S. The number of H-pyrrole nitrogens is 1. The van der Waals surface area contributed by atoms with Gasteiger partial charge in [-0.3, -0.25) is 0 Å². The predicted octanol–water partition coefficient (Wildman–Crippen LogP) is 4.02. The number of thiazole rings is 1. The molecule has 2 heterocycles. The Morgan fingerprint density at radius 3 is 1.73 bits per heavy atom.